The molecule has 150 valence electrons. The minimum absolute atomic E-state index is 0.0973. The molecule has 2 aromatic rings. The fourth-order valence-electron chi connectivity index (χ4n) is 4.04. The molecule has 0 N–H and O–H groups in total. The lowest BCUT2D eigenvalue weighted by molar-refractivity contribution is -0.147. The number of hydrogen-bond donors (Lipinski definition) is 0. The van der Waals surface area contributed by atoms with E-state index in [1.165, 1.54) is 7.11 Å². The van der Waals surface area contributed by atoms with Crippen LogP contribution in [0.15, 0.2) is 48.5 Å². The summed E-state index contributed by atoms with van der Waals surface area (Å²) in [4.78, 5) is 37.6. The van der Waals surface area contributed by atoms with Crippen LogP contribution >= 0.6 is 0 Å². The topological polar surface area (TPSA) is 82.1 Å². The molecular formula is C22H21NO6. The average molecular weight is 395 g/mol. The highest BCUT2D eigenvalue weighted by Gasteiger charge is 2.45. The normalized spacial score (nSPS) is 20.1. The van der Waals surface area contributed by atoms with Gasteiger partial charge in [-0.1, -0.05) is 48.5 Å². The number of carbonyl (C=O) groups excluding carboxylic acids is 3. The number of amides is 1. The summed E-state index contributed by atoms with van der Waals surface area (Å²) in [5.41, 5.74) is 4.44. The van der Waals surface area contributed by atoms with Crippen LogP contribution in [-0.2, 0) is 23.8 Å². The molecule has 2 aliphatic rings. The maximum Gasteiger partial charge on any atom is 0.413 e. The third-order valence-electron chi connectivity index (χ3n) is 5.42. The van der Waals surface area contributed by atoms with E-state index in [9.17, 15) is 14.4 Å². The van der Waals surface area contributed by atoms with Gasteiger partial charge in [-0.2, -0.15) is 0 Å². The minimum Gasteiger partial charge on any atom is -0.469 e. The van der Waals surface area contributed by atoms with Crippen molar-refractivity contribution in [2.24, 2.45) is 0 Å². The summed E-state index contributed by atoms with van der Waals surface area (Å²) in [6.45, 7) is 1.69. The Morgan fingerprint density at radius 1 is 1.03 bits per heavy atom. The van der Waals surface area contributed by atoms with E-state index in [-0.39, 0.29) is 18.9 Å². The second-order valence-electron chi connectivity index (χ2n) is 7.04. The Morgan fingerprint density at radius 2 is 1.62 bits per heavy atom. The van der Waals surface area contributed by atoms with Crippen molar-refractivity contribution in [2.45, 2.75) is 31.5 Å². The molecule has 7 heteroatoms. The molecule has 4 rings (SSSR count). The molecule has 29 heavy (non-hydrogen) atoms. The SMILES string of the molecule is COC(=O)CC1C(=O)OC(C)N1C(=O)OCC1c2ccccc2-c2ccccc21. The van der Waals surface area contributed by atoms with E-state index >= 15 is 0 Å². The monoisotopic (exact) mass is 395 g/mol. The van der Waals surface area contributed by atoms with E-state index < -0.39 is 30.3 Å². The van der Waals surface area contributed by atoms with Crippen molar-refractivity contribution in [2.75, 3.05) is 13.7 Å². The van der Waals surface area contributed by atoms with Gasteiger partial charge in [0.15, 0.2) is 6.23 Å². The summed E-state index contributed by atoms with van der Waals surface area (Å²) < 4.78 is 15.3. The van der Waals surface area contributed by atoms with E-state index in [0.717, 1.165) is 27.2 Å². The maximum atomic E-state index is 12.8. The number of rotatable bonds is 4. The smallest absolute Gasteiger partial charge is 0.413 e. The molecule has 2 aromatic carbocycles. The highest BCUT2D eigenvalue weighted by atomic mass is 16.6. The van der Waals surface area contributed by atoms with Crippen LogP contribution in [0.4, 0.5) is 4.79 Å². The van der Waals surface area contributed by atoms with Crippen molar-refractivity contribution in [3.8, 4) is 11.1 Å². The largest absolute Gasteiger partial charge is 0.469 e. The molecule has 0 bridgehead atoms. The molecule has 1 aliphatic carbocycles. The van der Waals surface area contributed by atoms with Crippen LogP contribution in [-0.4, -0.2) is 48.9 Å². The number of fused-ring (bicyclic) bond motifs is 3. The van der Waals surface area contributed by atoms with Gasteiger partial charge in [0.1, 0.15) is 12.6 Å². The van der Waals surface area contributed by atoms with Crippen molar-refractivity contribution in [1.29, 1.82) is 0 Å². The molecule has 0 saturated carbocycles. The summed E-state index contributed by atoms with van der Waals surface area (Å²) in [5.74, 6) is -1.34. The zero-order valence-corrected chi connectivity index (χ0v) is 16.2. The highest BCUT2D eigenvalue weighted by molar-refractivity contribution is 5.88. The lowest BCUT2D eigenvalue weighted by Gasteiger charge is -2.24. The van der Waals surface area contributed by atoms with Crippen LogP contribution in [0, 0.1) is 0 Å². The predicted molar refractivity (Wildman–Crippen MR) is 103 cm³/mol. The van der Waals surface area contributed by atoms with Crippen molar-refractivity contribution in [3.05, 3.63) is 59.7 Å². The Balaban J connectivity index is 1.52. The number of benzene rings is 2. The van der Waals surface area contributed by atoms with Gasteiger partial charge in [0.05, 0.1) is 13.5 Å². The van der Waals surface area contributed by atoms with Crippen molar-refractivity contribution in [3.63, 3.8) is 0 Å². The summed E-state index contributed by atoms with van der Waals surface area (Å²) in [5, 5.41) is 0. The predicted octanol–water partition coefficient (Wildman–Crippen LogP) is 3.07. The second-order valence-corrected chi connectivity index (χ2v) is 7.04. The van der Waals surface area contributed by atoms with E-state index in [0.29, 0.717) is 0 Å². The number of esters is 2. The zero-order chi connectivity index (χ0) is 20.5. The molecular weight excluding hydrogens is 374 g/mol. The van der Waals surface area contributed by atoms with E-state index in [1.54, 1.807) is 6.92 Å². The van der Waals surface area contributed by atoms with Gasteiger partial charge in [0, 0.05) is 5.92 Å². The van der Waals surface area contributed by atoms with Gasteiger partial charge in [-0.15, -0.1) is 0 Å². The molecule has 2 unspecified atom stereocenters. The first kappa shape index (κ1) is 19.0. The molecule has 0 radical (unpaired) electrons. The Labute approximate surface area is 168 Å². The average Bonchev–Trinajstić information content (AvgIpc) is 3.19. The quantitative estimate of drug-likeness (QED) is 0.585. The van der Waals surface area contributed by atoms with Gasteiger partial charge in [0.2, 0.25) is 0 Å². The van der Waals surface area contributed by atoms with Crippen LogP contribution < -0.4 is 0 Å². The molecule has 0 spiro atoms. The number of carbonyl (C=O) groups is 3. The molecule has 2 atom stereocenters. The number of hydrogen-bond acceptors (Lipinski definition) is 6. The van der Waals surface area contributed by atoms with Crippen molar-refractivity contribution >= 4 is 18.0 Å². The van der Waals surface area contributed by atoms with Crippen LogP contribution in [0.3, 0.4) is 0 Å². The zero-order valence-electron chi connectivity index (χ0n) is 16.2. The van der Waals surface area contributed by atoms with Crippen LogP contribution in [0.1, 0.15) is 30.4 Å². The van der Waals surface area contributed by atoms with Crippen LogP contribution in [0.2, 0.25) is 0 Å². The molecule has 7 nitrogen and oxygen atoms in total. The first-order valence-electron chi connectivity index (χ1n) is 9.42. The fourth-order valence-corrected chi connectivity index (χ4v) is 4.04. The van der Waals surface area contributed by atoms with Crippen LogP contribution in [0.5, 0.6) is 0 Å². The first-order valence-corrected chi connectivity index (χ1v) is 9.42. The number of cyclic esters (lactones) is 1. The maximum absolute atomic E-state index is 12.8. The highest BCUT2D eigenvalue weighted by Crippen LogP contribution is 2.44. The fraction of sp³-hybridized carbons (Fsp3) is 0.318. The van der Waals surface area contributed by atoms with E-state index in [1.807, 2.05) is 36.4 Å². The molecule has 1 amide bonds. The van der Waals surface area contributed by atoms with Crippen molar-refractivity contribution < 1.29 is 28.6 Å². The Bertz CT molecular complexity index is 926. The summed E-state index contributed by atoms with van der Waals surface area (Å²) in [7, 11) is 1.23. The van der Waals surface area contributed by atoms with Gasteiger partial charge in [-0.25, -0.2) is 9.59 Å². The second kappa shape index (κ2) is 7.58. The third-order valence-corrected chi connectivity index (χ3v) is 5.42. The minimum atomic E-state index is -1.05. The standard InChI is InChI=1S/C22H21NO6/c1-13-23(19(21(25)29-13)11-20(24)27-2)22(26)28-12-18-16-9-5-3-7-14(16)15-8-4-6-10-17(15)18/h3-10,13,18-19H,11-12H2,1-2H3. The summed E-state index contributed by atoms with van der Waals surface area (Å²) in [6.07, 6.45) is -1.78. The number of methoxy groups -OCH3 is 1. The summed E-state index contributed by atoms with van der Waals surface area (Å²) >= 11 is 0. The van der Waals surface area contributed by atoms with Gasteiger partial charge in [-0.05, 0) is 29.2 Å². The number of ether oxygens (including phenoxy) is 3. The van der Waals surface area contributed by atoms with E-state index in [4.69, 9.17) is 9.47 Å². The van der Waals surface area contributed by atoms with Gasteiger partial charge in [0.25, 0.3) is 0 Å². The number of nitrogens with zero attached hydrogens (tertiary/aromatic N) is 1. The first-order chi connectivity index (χ1) is 14.0. The molecule has 1 saturated heterocycles. The van der Waals surface area contributed by atoms with Gasteiger partial charge < -0.3 is 14.2 Å². The van der Waals surface area contributed by atoms with Crippen molar-refractivity contribution in [1.82, 2.24) is 4.90 Å². The van der Waals surface area contributed by atoms with Gasteiger partial charge in [-0.3, -0.25) is 9.69 Å². The van der Waals surface area contributed by atoms with E-state index in [2.05, 4.69) is 16.9 Å². The molecule has 1 fully saturated rings. The Morgan fingerprint density at radius 3 is 2.21 bits per heavy atom. The summed E-state index contributed by atoms with van der Waals surface area (Å²) in [6, 6.07) is 15.0. The Hall–Kier alpha value is -3.35. The lowest BCUT2D eigenvalue weighted by Crippen LogP contribution is -2.43. The lowest BCUT2D eigenvalue weighted by atomic mass is 9.98. The molecule has 1 aliphatic heterocycles. The molecule has 0 aromatic heterocycles. The Kier molecular flexibility index (Phi) is 4.96. The molecule has 1 heterocycles. The third kappa shape index (κ3) is 3.33. The van der Waals surface area contributed by atoms with Gasteiger partial charge >= 0.3 is 18.0 Å². The van der Waals surface area contributed by atoms with Crippen LogP contribution in [0.25, 0.3) is 11.1 Å².